The van der Waals surface area contributed by atoms with Crippen molar-refractivity contribution in [1.82, 2.24) is 9.13 Å². The van der Waals surface area contributed by atoms with E-state index in [1.165, 1.54) is 99.5 Å². The standard InChI is InChI=1S/C51H36N2/c1-51(2)45-17-9-6-14-39(45)42-32-38(26-27-46(42)51)53-48-19-11-8-16-41(48)44-31-36(25-29-50(44)53)34-22-20-33(21-23-34)35-24-28-49-43(30-35)40-15-7-10-18-47(40)52(49)37-12-4-3-5-13-37/h3-32H,1-2H3. The van der Waals surface area contributed by atoms with Gasteiger partial charge in [0.15, 0.2) is 0 Å². The predicted molar refractivity (Wildman–Crippen MR) is 224 cm³/mol. The number of rotatable bonds is 4. The third-order valence-electron chi connectivity index (χ3n) is 11.7. The maximum absolute atomic E-state index is 2.44. The van der Waals surface area contributed by atoms with E-state index in [1.54, 1.807) is 0 Å². The summed E-state index contributed by atoms with van der Waals surface area (Å²) in [7, 11) is 0. The van der Waals surface area contributed by atoms with Crippen LogP contribution in [0, 0.1) is 0 Å². The van der Waals surface area contributed by atoms with E-state index < -0.39 is 0 Å². The number of nitrogens with zero attached hydrogens (tertiary/aromatic N) is 2. The molecule has 2 heteroatoms. The number of aromatic nitrogens is 2. The summed E-state index contributed by atoms with van der Waals surface area (Å²) in [5.74, 6) is 0. The molecule has 0 saturated heterocycles. The summed E-state index contributed by atoms with van der Waals surface area (Å²) in [5.41, 5.74) is 17.6. The Morgan fingerprint density at radius 1 is 0.321 bits per heavy atom. The fourth-order valence-corrected chi connectivity index (χ4v) is 9.14. The molecule has 0 saturated carbocycles. The lowest BCUT2D eigenvalue weighted by Crippen LogP contribution is -2.14. The Hall–Kier alpha value is -6.64. The van der Waals surface area contributed by atoms with E-state index in [0.29, 0.717) is 0 Å². The third kappa shape index (κ3) is 4.39. The minimum absolute atomic E-state index is 0.00866. The van der Waals surface area contributed by atoms with Crippen molar-refractivity contribution in [1.29, 1.82) is 0 Å². The first kappa shape index (κ1) is 30.0. The molecule has 0 amide bonds. The summed E-state index contributed by atoms with van der Waals surface area (Å²) in [6, 6.07) is 67.1. The van der Waals surface area contributed by atoms with Gasteiger partial charge in [0.25, 0.3) is 0 Å². The van der Waals surface area contributed by atoms with Crippen molar-refractivity contribution in [2.45, 2.75) is 19.3 Å². The largest absolute Gasteiger partial charge is 0.309 e. The van der Waals surface area contributed by atoms with Gasteiger partial charge in [-0.1, -0.05) is 135 Å². The van der Waals surface area contributed by atoms with Gasteiger partial charge in [0.05, 0.1) is 22.1 Å². The lowest BCUT2D eigenvalue weighted by molar-refractivity contribution is 0.660. The minimum Gasteiger partial charge on any atom is -0.309 e. The highest BCUT2D eigenvalue weighted by atomic mass is 15.0. The van der Waals surface area contributed by atoms with Crippen molar-refractivity contribution >= 4 is 43.6 Å². The van der Waals surface area contributed by atoms with Crippen LogP contribution in [0.1, 0.15) is 25.0 Å². The van der Waals surface area contributed by atoms with E-state index in [0.717, 1.165) is 0 Å². The molecule has 0 radical (unpaired) electrons. The van der Waals surface area contributed by atoms with Gasteiger partial charge < -0.3 is 9.13 Å². The van der Waals surface area contributed by atoms with Crippen LogP contribution in [0.15, 0.2) is 182 Å². The SMILES string of the molecule is CC1(C)c2ccccc2-c2cc(-n3c4ccccc4c4cc(-c5ccc(-c6ccc7c(c6)c6ccccc6n7-c6ccccc6)cc5)ccc43)ccc21. The molecule has 0 fully saturated rings. The van der Waals surface area contributed by atoms with Gasteiger partial charge in [0.2, 0.25) is 0 Å². The highest BCUT2D eigenvalue weighted by Crippen LogP contribution is 2.49. The molecular formula is C51H36N2. The zero-order valence-corrected chi connectivity index (χ0v) is 29.7. The Balaban J connectivity index is 0.986. The van der Waals surface area contributed by atoms with E-state index in [2.05, 4.69) is 205 Å². The molecule has 2 nitrogen and oxygen atoms in total. The summed E-state index contributed by atoms with van der Waals surface area (Å²) in [6.45, 7) is 4.69. The Labute approximate surface area is 308 Å². The maximum Gasteiger partial charge on any atom is 0.0541 e. The molecule has 8 aromatic carbocycles. The van der Waals surface area contributed by atoms with Crippen LogP contribution >= 0.6 is 0 Å². The number of fused-ring (bicyclic) bond motifs is 9. The average molecular weight is 677 g/mol. The zero-order valence-electron chi connectivity index (χ0n) is 29.7. The van der Waals surface area contributed by atoms with Gasteiger partial charge in [-0.3, -0.25) is 0 Å². The quantitative estimate of drug-likeness (QED) is 0.176. The normalized spacial score (nSPS) is 13.2. The molecule has 53 heavy (non-hydrogen) atoms. The van der Waals surface area contributed by atoms with Crippen molar-refractivity contribution in [3.05, 3.63) is 193 Å². The van der Waals surface area contributed by atoms with E-state index in [9.17, 15) is 0 Å². The Morgan fingerprint density at radius 3 is 1.42 bits per heavy atom. The fourth-order valence-electron chi connectivity index (χ4n) is 9.14. The Kier molecular flexibility index (Phi) is 6.33. The van der Waals surface area contributed by atoms with E-state index >= 15 is 0 Å². The summed E-state index contributed by atoms with van der Waals surface area (Å²) < 4.78 is 4.81. The molecule has 2 heterocycles. The lowest BCUT2D eigenvalue weighted by Gasteiger charge is -2.21. The maximum atomic E-state index is 2.44. The molecule has 0 bridgehead atoms. The topological polar surface area (TPSA) is 9.86 Å². The van der Waals surface area contributed by atoms with Crippen LogP contribution in [0.5, 0.6) is 0 Å². The van der Waals surface area contributed by atoms with Gasteiger partial charge in [-0.05, 0) is 105 Å². The van der Waals surface area contributed by atoms with Crippen LogP contribution in [-0.2, 0) is 5.41 Å². The fraction of sp³-hybridized carbons (Fsp3) is 0.0588. The summed E-state index contributed by atoms with van der Waals surface area (Å²) in [5, 5.41) is 5.07. The van der Waals surface area contributed by atoms with Crippen LogP contribution in [0.25, 0.3) is 88.4 Å². The number of benzene rings is 8. The van der Waals surface area contributed by atoms with Gasteiger partial charge in [0.1, 0.15) is 0 Å². The van der Waals surface area contributed by atoms with Gasteiger partial charge in [-0.2, -0.15) is 0 Å². The zero-order chi connectivity index (χ0) is 35.3. The first-order valence-corrected chi connectivity index (χ1v) is 18.5. The van der Waals surface area contributed by atoms with Crippen molar-refractivity contribution in [3.63, 3.8) is 0 Å². The number of para-hydroxylation sites is 3. The van der Waals surface area contributed by atoms with Gasteiger partial charge in [-0.25, -0.2) is 0 Å². The molecule has 10 aromatic rings. The monoisotopic (exact) mass is 676 g/mol. The van der Waals surface area contributed by atoms with Crippen LogP contribution in [0.2, 0.25) is 0 Å². The smallest absolute Gasteiger partial charge is 0.0541 e. The highest BCUT2D eigenvalue weighted by molar-refractivity contribution is 6.11. The van der Waals surface area contributed by atoms with Crippen LogP contribution in [-0.4, -0.2) is 9.13 Å². The molecule has 0 spiro atoms. The van der Waals surface area contributed by atoms with Crippen LogP contribution in [0.4, 0.5) is 0 Å². The molecule has 2 aromatic heterocycles. The second-order valence-electron chi connectivity index (χ2n) is 15.0. The molecule has 1 aliphatic carbocycles. The van der Waals surface area contributed by atoms with Gasteiger partial charge in [-0.15, -0.1) is 0 Å². The van der Waals surface area contributed by atoms with E-state index in [-0.39, 0.29) is 5.41 Å². The molecule has 250 valence electrons. The molecule has 1 aliphatic rings. The van der Waals surface area contributed by atoms with Crippen molar-refractivity contribution in [3.8, 4) is 44.8 Å². The Morgan fingerprint density at radius 2 is 0.792 bits per heavy atom. The third-order valence-corrected chi connectivity index (χ3v) is 11.7. The van der Waals surface area contributed by atoms with Crippen molar-refractivity contribution in [2.24, 2.45) is 0 Å². The molecule has 0 N–H and O–H groups in total. The molecule has 0 unspecified atom stereocenters. The molecule has 11 rings (SSSR count). The van der Waals surface area contributed by atoms with Crippen LogP contribution < -0.4 is 0 Å². The van der Waals surface area contributed by atoms with E-state index in [4.69, 9.17) is 0 Å². The van der Waals surface area contributed by atoms with Crippen molar-refractivity contribution < 1.29 is 0 Å². The summed E-state index contributed by atoms with van der Waals surface area (Å²) in [4.78, 5) is 0. The second kappa shape index (κ2) is 11.2. The second-order valence-corrected chi connectivity index (χ2v) is 15.0. The first-order chi connectivity index (χ1) is 26.0. The minimum atomic E-state index is -0.00866. The molecular weight excluding hydrogens is 641 g/mol. The predicted octanol–water partition coefficient (Wildman–Crippen LogP) is 13.5. The summed E-state index contributed by atoms with van der Waals surface area (Å²) >= 11 is 0. The van der Waals surface area contributed by atoms with Gasteiger partial charge in [0, 0.05) is 38.3 Å². The highest BCUT2D eigenvalue weighted by Gasteiger charge is 2.35. The summed E-state index contributed by atoms with van der Waals surface area (Å²) in [6.07, 6.45) is 0. The van der Waals surface area contributed by atoms with Crippen molar-refractivity contribution in [2.75, 3.05) is 0 Å². The number of hydrogen-bond donors (Lipinski definition) is 0. The first-order valence-electron chi connectivity index (χ1n) is 18.5. The lowest BCUT2D eigenvalue weighted by atomic mass is 9.82. The Bertz CT molecular complexity index is 3060. The van der Waals surface area contributed by atoms with E-state index in [1.807, 2.05) is 0 Å². The number of hydrogen-bond acceptors (Lipinski definition) is 0. The van der Waals surface area contributed by atoms with Crippen LogP contribution in [0.3, 0.4) is 0 Å². The average Bonchev–Trinajstić information content (AvgIpc) is 3.81. The molecule has 0 aliphatic heterocycles. The van der Waals surface area contributed by atoms with Gasteiger partial charge >= 0.3 is 0 Å². The molecule has 0 atom stereocenters.